The number of hydrogen-bond acceptors (Lipinski definition) is 3. The van der Waals surface area contributed by atoms with E-state index in [-0.39, 0.29) is 6.04 Å². The zero-order valence-corrected chi connectivity index (χ0v) is 10.5. The monoisotopic (exact) mass is 223 g/mol. The average Bonchev–Trinajstić information content (AvgIpc) is 2.30. The molecular weight excluding hydrogens is 202 g/mol. The summed E-state index contributed by atoms with van der Waals surface area (Å²) in [6, 6.07) is 10.6. The Labute approximate surface area is 97.8 Å². The third-order valence-electron chi connectivity index (χ3n) is 2.67. The lowest BCUT2D eigenvalue weighted by atomic mass is 10.1. The minimum Gasteiger partial charge on any atom is -0.341 e. The molecule has 0 radical (unpaired) electrons. The van der Waals surface area contributed by atoms with Gasteiger partial charge in [0.05, 0.1) is 0 Å². The predicted octanol–water partition coefficient (Wildman–Crippen LogP) is 2.17. The molecule has 1 aromatic rings. The van der Waals surface area contributed by atoms with E-state index in [9.17, 15) is 0 Å². The summed E-state index contributed by atoms with van der Waals surface area (Å²) in [5, 5.41) is 3.30. The number of benzene rings is 1. The second-order valence-electron chi connectivity index (χ2n) is 4.09. The van der Waals surface area contributed by atoms with Crippen LogP contribution in [0, 0.1) is 0 Å². The Morgan fingerprint density at radius 2 is 1.75 bits per heavy atom. The highest BCUT2D eigenvalue weighted by Gasteiger charge is 2.24. The van der Waals surface area contributed by atoms with Gasteiger partial charge in [0.15, 0.2) is 0 Å². The topological polar surface area (TPSA) is 30.5 Å². The minimum absolute atomic E-state index is 0.285. The molecule has 0 amide bonds. The van der Waals surface area contributed by atoms with Gasteiger partial charge in [-0.1, -0.05) is 30.3 Å². The Hall–Kier alpha value is -0.900. The molecule has 0 saturated heterocycles. The Kier molecular flexibility index (Phi) is 4.93. The SMILES string of the molecule is COC(C)(NC(C)Cc1ccccc1)OC. The Morgan fingerprint density at radius 1 is 1.19 bits per heavy atom. The van der Waals surface area contributed by atoms with Crippen molar-refractivity contribution in [3.8, 4) is 0 Å². The van der Waals surface area contributed by atoms with Crippen molar-refractivity contribution in [1.29, 1.82) is 0 Å². The summed E-state index contributed by atoms with van der Waals surface area (Å²) < 4.78 is 10.5. The van der Waals surface area contributed by atoms with Crippen LogP contribution in [0.4, 0.5) is 0 Å². The molecule has 90 valence electrons. The Morgan fingerprint density at radius 3 is 2.25 bits per heavy atom. The van der Waals surface area contributed by atoms with Crippen molar-refractivity contribution in [2.45, 2.75) is 32.2 Å². The van der Waals surface area contributed by atoms with Crippen molar-refractivity contribution < 1.29 is 9.47 Å². The molecule has 0 fully saturated rings. The van der Waals surface area contributed by atoms with Crippen LogP contribution in [0.1, 0.15) is 19.4 Å². The van der Waals surface area contributed by atoms with Crippen molar-refractivity contribution >= 4 is 0 Å². The molecule has 0 bridgehead atoms. The van der Waals surface area contributed by atoms with Gasteiger partial charge in [-0.3, -0.25) is 5.32 Å². The zero-order chi connectivity index (χ0) is 12.0. The summed E-state index contributed by atoms with van der Waals surface area (Å²) in [5.74, 6) is -0.714. The van der Waals surface area contributed by atoms with Crippen LogP contribution in [-0.2, 0) is 15.9 Å². The smallest absolute Gasteiger partial charge is 0.224 e. The lowest BCUT2D eigenvalue weighted by Gasteiger charge is -2.30. The Bertz CT molecular complexity index is 296. The summed E-state index contributed by atoms with van der Waals surface area (Å²) in [5.41, 5.74) is 1.30. The molecule has 0 aliphatic heterocycles. The minimum atomic E-state index is -0.714. The highest BCUT2D eigenvalue weighted by atomic mass is 16.7. The lowest BCUT2D eigenvalue weighted by molar-refractivity contribution is -0.218. The highest BCUT2D eigenvalue weighted by molar-refractivity contribution is 5.15. The van der Waals surface area contributed by atoms with Gasteiger partial charge in [-0.25, -0.2) is 0 Å². The predicted molar refractivity (Wildman–Crippen MR) is 65.2 cm³/mol. The number of methoxy groups -OCH3 is 2. The molecule has 0 spiro atoms. The largest absolute Gasteiger partial charge is 0.341 e. The maximum absolute atomic E-state index is 5.26. The van der Waals surface area contributed by atoms with Gasteiger partial charge in [0.2, 0.25) is 5.91 Å². The van der Waals surface area contributed by atoms with E-state index in [1.165, 1.54) is 5.56 Å². The molecule has 0 heterocycles. The van der Waals surface area contributed by atoms with E-state index in [1.54, 1.807) is 14.2 Å². The fraction of sp³-hybridized carbons (Fsp3) is 0.538. The van der Waals surface area contributed by atoms with E-state index in [2.05, 4.69) is 24.4 Å². The molecule has 0 saturated carbocycles. The third-order valence-corrected chi connectivity index (χ3v) is 2.67. The van der Waals surface area contributed by atoms with Crippen LogP contribution < -0.4 is 5.32 Å². The van der Waals surface area contributed by atoms with E-state index in [4.69, 9.17) is 9.47 Å². The van der Waals surface area contributed by atoms with E-state index in [0.29, 0.717) is 0 Å². The van der Waals surface area contributed by atoms with Crippen LogP contribution in [0.2, 0.25) is 0 Å². The second-order valence-corrected chi connectivity index (χ2v) is 4.09. The molecule has 3 heteroatoms. The molecule has 16 heavy (non-hydrogen) atoms. The van der Waals surface area contributed by atoms with Gasteiger partial charge in [0.25, 0.3) is 0 Å². The fourth-order valence-corrected chi connectivity index (χ4v) is 1.67. The van der Waals surface area contributed by atoms with E-state index >= 15 is 0 Å². The van der Waals surface area contributed by atoms with E-state index < -0.39 is 5.91 Å². The molecule has 1 aromatic carbocycles. The molecule has 0 aliphatic carbocycles. The summed E-state index contributed by atoms with van der Waals surface area (Å²) in [6.07, 6.45) is 0.948. The molecular formula is C13H21NO2. The van der Waals surface area contributed by atoms with Gasteiger partial charge in [-0.2, -0.15) is 0 Å². The first-order valence-electron chi connectivity index (χ1n) is 5.51. The van der Waals surface area contributed by atoms with Gasteiger partial charge in [0, 0.05) is 27.2 Å². The number of ether oxygens (including phenoxy) is 2. The molecule has 0 aromatic heterocycles. The van der Waals surface area contributed by atoms with Crippen molar-refractivity contribution in [2.24, 2.45) is 0 Å². The molecule has 0 aliphatic rings. The number of rotatable bonds is 6. The number of nitrogens with one attached hydrogen (secondary N) is 1. The van der Waals surface area contributed by atoms with Crippen LogP contribution in [0.25, 0.3) is 0 Å². The molecule has 1 atom stereocenters. The van der Waals surface area contributed by atoms with Gasteiger partial charge in [-0.15, -0.1) is 0 Å². The first kappa shape index (κ1) is 13.2. The normalized spacial score (nSPS) is 13.8. The van der Waals surface area contributed by atoms with Gasteiger partial charge in [-0.05, 0) is 18.9 Å². The maximum atomic E-state index is 5.26. The quantitative estimate of drug-likeness (QED) is 0.750. The summed E-state index contributed by atoms with van der Waals surface area (Å²) >= 11 is 0. The standard InChI is InChI=1S/C13H21NO2/c1-11(14-13(2,15-3)16-4)10-12-8-6-5-7-9-12/h5-9,11,14H,10H2,1-4H3. The number of hydrogen-bond donors (Lipinski definition) is 1. The zero-order valence-electron chi connectivity index (χ0n) is 10.5. The average molecular weight is 223 g/mol. The maximum Gasteiger partial charge on any atom is 0.224 e. The lowest BCUT2D eigenvalue weighted by Crippen LogP contribution is -2.50. The van der Waals surface area contributed by atoms with Crippen molar-refractivity contribution in [1.82, 2.24) is 5.32 Å². The van der Waals surface area contributed by atoms with E-state index in [0.717, 1.165) is 6.42 Å². The molecule has 1 N–H and O–H groups in total. The van der Waals surface area contributed by atoms with Crippen LogP contribution in [0.5, 0.6) is 0 Å². The first-order chi connectivity index (χ1) is 7.59. The van der Waals surface area contributed by atoms with Crippen molar-refractivity contribution in [2.75, 3.05) is 14.2 Å². The summed E-state index contributed by atoms with van der Waals surface area (Å²) in [7, 11) is 3.26. The molecule has 3 nitrogen and oxygen atoms in total. The van der Waals surface area contributed by atoms with Crippen LogP contribution in [0.3, 0.4) is 0 Å². The van der Waals surface area contributed by atoms with Crippen LogP contribution in [-0.4, -0.2) is 26.2 Å². The van der Waals surface area contributed by atoms with Crippen LogP contribution in [0.15, 0.2) is 30.3 Å². The third kappa shape index (κ3) is 3.93. The van der Waals surface area contributed by atoms with Gasteiger partial charge in [0.1, 0.15) is 0 Å². The van der Waals surface area contributed by atoms with Crippen molar-refractivity contribution in [3.63, 3.8) is 0 Å². The van der Waals surface area contributed by atoms with Crippen molar-refractivity contribution in [3.05, 3.63) is 35.9 Å². The summed E-state index contributed by atoms with van der Waals surface area (Å²) in [6.45, 7) is 3.98. The first-order valence-corrected chi connectivity index (χ1v) is 5.51. The molecule has 1 rings (SSSR count). The van der Waals surface area contributed by atoms with Crippen LogP contribution >= 0.6 is 0 Å². The summed E-state index contributed by atoms with van der Waals surface area (Å²) in [4.78, 5) is 0. The highest BCUT2D eigenvalue weighted by Crippen LogP contribution is 2.09. The Balaban J connectivity index is 2.50. The van der Waals surface area contributed by atoms with Gasteiger partial charge < -0.3 is 9.47 Å². The molecule has 1 unspecified atom stereocenters. The van der Waals surface area contributed by atoms with E-state index in [1.807, 2.05) is 25.1 Å². The fourth-order valence-electron chi connectivity index (χ4n) is 1.67. The second kappa shape index (κ2) is 5.99. The van der Waals surface area contributed by atoms with Gasteiger partial charge >= 0.3 is 0 Å².